The molecule has 71 heavy (non-hydrogen) atoms. The Morgan fingerprint density at radius 1 is 0.394 bits per heavy atom. The van der Waals surface area contributed by atoms with E-state index >= 15 is 0 Å². The minimum atomic E-state index is 0.0473. The summed E-state index contributed by atoms with van der Waals surface area (Å²) < 4.78 is 4.70. The summed E-state index contributed by atoms with van der Waals surface area (Å²) in [7, 11) is 0. The van der Waals surface area contributed by atoms with Gasteiger partial charge < -0.3 is 4.57 Å². The normalized spacial score (nSPS) is 15.1. The SMILES string of the molecule is CC1CC(C)(C)c2c(-c3cccc(-c4ccccc4-n4c5ccccc5c5cc6c7ccccc7n(-c7nc(-c8ccccc8)nc(-c8ccc(-c9ccccc9)cc8)n7)c6cc54)c3)cccc2C1(C)C. The van der Waals surface area contributed by atoms with Gasteiger partial charge in [-0.3, -0.25) is 4.57 Å². The molecule has 5 nitrogen and oxygen atoms in total. The molecule has 1 aliphatic carbocycles. The van der Waals surface area contributed by atoms with Crippen LogP contribution in [0.25, 0.3) is 111 Å². The molecule has 0 fully saturated rings. The van der Waals surface area contributed by atoms with Gasteiger partial charge in [0.1, 0.15) is 0 Å². The molecule has 0 spiro atoms. The zero-order chi connectivity index (χ0) is 48.0. The van der Waals surface area contributed by atoms with E-state index in [-0.39, 0.29) is 10.8 Å². The minimum absolute atomic E-state index is 0.0473. The number of hydrogen-bond acceptors (Lipinski definition) is 3. The summed E-state index contributed by atoms with van der Waals surface area (Å²) in [5.41, 5.74) is 17.6. The van der Waals surface area contributed by atoms with Crippen LogP contribution in [0.3, 0.4) is 0 Å². The lowest BCUT2D eigenvalue weighted by Crippen LogP contribution is -2.40. The van der Waals surface area contributed by atoms with Crippen molar-refractivity contribution in [2.24, 2.45) is 5.92 Å². The molecule has 0 saturated heterocycles. The minimum Gasteiger partial charge on any atom is -0.309 e. The molecular formula is C66H53N5. The van der Waals surface area contributed by atoms with Crippen LogP contribution in [0, 0.1) is 5.92 Å². The van der Waals surface area contributed by atoms with Gasteiger partial charge in [-0.2, -0.15) is 9.97 Å². The van der Waals surface area contributed by atoms with Gasteiger partial charge in [0.25, 0.3) is 0 Å². The van der Waals surface area contributed by atoms with Crippen molar-refractivity contribution in [3.8, 4) is 67.8 Å². The van der Waals surface area contributed by atoms with Crippen LogP contribution in [-0.2, 0) is 10.8 Å². The zero-order valence-electron chi connectivity index (χ0n) is 40.7. The molecule has 1 atom stereocenters. The van der Waals surface area contributed by atoms with E-state index in [1.807, 2.05) is 24.3 Å². The number of hydrogen-bond donors (Lipinski definition) is 0. The summed E-state index contributed by atoms with van der Waals surface area (Å²) in [4.78, 5) is 15.8. The first kappa shape index (κ1) is 42.7. The van der Waals surface area contributed by atoms with E-state index < -0.39 is 0 Å². The van der Waals surface area contributed by atoms with Gasteiger partial charge in [0.15, 0.2) is 11.6 Å². The Morgan fingerprint density at radius 3 is 1.58 bits per heavy atom. The van der Waals surface area contributed by atoms with Gasteiger partial charge in [0, 0.05) is 38.2 Å². The Morgan fingerprint density at radius 2 is 0.887 bits per heavy atom. The predicted octanol–water partition coefficient (Wildman–Crippen LogP) is 17.0. The van der Waals surface area contributed by atoms with Gasteiger partial charge >= 0.3 is 0 Å². The van der Waals surface area contributed by atoms with Crippen molar-refractivity contribution >= 4 is 43.6 Å². The van der Waals surface area contributed by atoms with Gasteiger partial charge in [-0.25, -0.2) is 4.98 Å². The number of fused-ring (bicyclic) bond motifs is 7. The third-order valence-electron chi connectivity index (χ3n) is 15.7. The number of benzene rings is 9. The maximum absolute atomic E-state index is 5.35. The lowest BCUT2D eigenvalue weighted by molar-refractivity contribution is 0.234. The van der Waals surface area contributed by atoms with Crippen molar-refractivity contribution < 1.29 is 0 Å². The number of aromatic nitrogens is 5. The van der Waals surface area contributed by atoms with Gasteiger partial charge in [0.2, 0.25) is 5.95 Å². The highest BCUT2D eigenvalue weighted by atomic mass is 15.2. The van der Waals surface area contributed by atoms with E-state index in [9.17, 15) is 0 Å². The molecule has 0 aliphatic heterocycles. The van der Waals surface area contributed by atoms with E-state index in [1.165, 1.54) is 49.7 Å². The first-order chi connectivity index (χ1) is 34.6. The Labute approximate surface area is 414 Å². The highest BCUT2D eigenvalue weighted by Crippen LogP contribution is 2.52. The molecule has 9 aromatic carbocycles. The second-order valence-corrected chi connectivity index (χ2v) is 20.7. The highest BCUT2D eigenvalue weighted by Gasteiger charge is 2.43. The van der Waals surface area contributed by atoms with Crippen LogP contribution >= 0.6 is 0 Å². The zero-order valence-corrected chi connectivity index (χ0v) is 40.7. The van der Waals surface area contributed by atoms with Crippen molar-refractivity contribution in [3.05, 3.63) is 223 Å². The lowest BCUT2D eigenvalue weighted by atomic mass is 9.57. The third kappa shape index (κ3) is 6.93. The van der Waals surface area contributed by atoms with E-state index in [4.69, 9.17) is 15.0 Å². The Bertz CT molecular complexity index is 4030. The quantitative estimate of drug-likeness (QED) is 0.160. The fourth-order valence-corrected chi connectivity index (χ4v) is 11.9. The van der Waals surface area contributed by atoms with E-state index in [1.54, 1.807) is 0 Å². The molecule has 0 N–H and O–H groups in total. The summed E-state index contributed by atoms with van der Waals surface area (Å²) in [6.07, 6.45) is 1.15. The van der Waals surface area contributed by atoms with Crippen molar-refractivity contribution in [2.45, 2.75) is 51.9 Å². The van der Waals surface area contributed by atoms with Crippen molar-refractivity contribution in [1.29, 1.82) is 0 Å². The highest BCUT2D eigenvalue weighted by molar-refractivity contribution is 6.19. The van der Waals surface area contributed by atoms with Crippen molar-refractivity contribution in [2.75, 3.05) is 0 Å². The van der Waals surface area contributed by atoms with Crippen LogP contribution in [0.2, 0.25) is 0 Å². The maximum atomic E-state index is 5.35. The fraction of sp³-hybridized carbons (Fsp3) is 0.136. The molecule has 0 bridgehead atoms. The molecule has 1 aliphatic rings. The first-order valence-electron chi connectivity index (χ1n) is 24.9. The average molecular weight is 916 g/mol. The number of nitrogens with zero attached hydrogens (tertiary/aromatic N) is 5. The van der Waals surface area contributed by atoms with E-state index in [2.05, 4.69) is 232 Å². The molecule has 0 saturated carbocycles. The molecule has 342 valence electrons. The monoisotopic (exact) mass is 915 g/mol. The van der Waals surface area contributed by atoms with Crippen LogP contribution in [-0.4, -0.2) is 24.1 Å². The maximum Gasteiger partial charge on any atom is 0.238 e. The predicted molar refractivity (Wildman–Crippen MR) is 296 cm³/mol. The summed E-state index contributed by atoms with van der Waals surface area (Å²) in [6.45, 7) is 12.1. The number of rotatable bonds is 7. The summed E-state index contributed by atoms with van der Waals surface area (Å²) in [5.74, 6) is 2.38. The summed E-state index contributed by atoms with van der Waals surface area (Å²) in [5, 5.41) is 4.67. The molecule has 3 aromatic heterocycles. The standard InChI is InChI=1S/C66H53N5/c1-42-41-65(2,3)61-50(29-19-30-55(61)66(42,4)5)48-25-18-24-47(38-48)49-26-12-15-31-56(49)70-57-32-16-13-27-51(57)53-39-54-52-28-14-17-33-58(52)71(60(54)40-59(53)70)64-68-62(45-22-10-7-11-23-45)67-63(69-64)46-36-34-44(35-37-46)43-20-8-6-9-21-43/h6-40,42H,41H2,1-5H3. The van der Waals surface area contributed by atoms with Crippen LogP contribution in [0.1, 0.15) is 52.2 Å². The lowest BCUT2D eigenvalue weighted by Gasteiger charge is -2.47. The Balaban J connectivity index is 1.02. The molecule has 13 rings (SSSR count). The smallest absolute Gasteiger partial charge is 0.238 e. The van der Waals surface area contributed by atoms with Gasteiger partial charge in [-0.15, -0.1) is 0 Å². The number of para-hydroxylation sites is 3. The van der Waals surface area contributed by atoms with Crippen LogP contribution < -0.4 is 0 Å². The van der Waals surface area contributed by atoms with Gasteiger partial charge in [0.05, 0.1) is 27.8 Å². The Hall–Kier alpha value is -8.41. The molecule has 0 radical (unpaired) electrons. The van der Waals surface area contributed by atoms with E-state index in [0.717, 1.165) is 61.6 Å². The van der Waals surface area contributed by atoms with Crippen LogP contribution in [0.5, 0.6) is 0 Å². The molecule has 3 heterocycles. The van der Waals surface area contributed by atoms with Crippen LogP contribution in [0.4, 0.5) is 0 Å². The second kappa shape index (κ2) is 16.4. The molecule has 12 aromatic rings. The van der Waals surface area contributed by atoms with Gasteiger partial charge in [-0.05, 0) is 98.5 Å². The average Bonchev–Trinajstić information content (AvgIpc) is 3.91. The fourth-order valence-electron chi connectivity index (χ4n) is 11.9. The molecular weight excluding hydrogens is 863 g/mol. The van der Waals surface area contributed by atoms with Crippen molar-refractivity contribution in [1.82, 2.24) is 24.1 Å². The third-order valence-corrected chi connectivity index (χ3v) is 15.7. The summed E-state index contributed by atoms with van der Waals surface area (Å²) in [6, 6.07) is 76.5. The van der Waals surface area contributed by atoms with E-state index in [0.29, 0.717) is 23.5 Å². The second-order valence-electron chi connectivity index (χ2n) is 20.7. The first-order valence-corrected chi connectivity index (χ1v) is 24.9. The van der Waals surface area contributed by atoms with Gasteiger partial charge in [-0.1, -0.05) is 211 Å². The largest absolute Gasteiger partial charge is 0.309 e. The molecule has 1 unspecified atom stereocenters. The Kier molecular flexibility index (Phi) is 9.83. The molecule has 0 amide bonds. The van der Waals surface area contributed by atoms with Crippen molar-refractivity contribution in [3.63, 3.8) is 0 Å². The van der Waals surface area contributed by atoms with Crippen LogP contribution in [0.15, 0.2) is 212 Å². The topological polar surface area (TPSA) is 48.5 Å². The molecule has 5 heteroatoms. The summed E-state index contributed by atoms with van der Waals surface area (Å²) >= 11 is 0.